The van der Waals surface area contributed by atoms with Gasteiger partial charge in [-0.25, -0.2) is 4.79 Å². The van der Waals surface area contributed by atoms with Crippen molar-refractivity contribution in [3.8, 4) is 0 Å². The number of carbonyl (C=O) groups excluding carboxylic acids is 1. The molecule has 3 heterocycles. The molecule has 1 atom stereocenters. The first kappa shape index (κ1) is 18.2. The van der Waals surface area contributed by atoms with Crippen molar-refractivity contribution in [1.82, 2.24) is 19.4 Å². The molecular formula is C20H22N4O4. The zero-order valence-electron chi connectivity index (χ0n) is 15.8. The van der Waals surface area contributed by atoms with Crippen LogP contribution in [0.25, 0.3) is 11.0 Å². The lowest BCUT2D eigenvalue weighted by molar-refractivity contribution is 0.0644. The third kappa shape index (κ3) is 3.16. The van der Waals surface area contributed by atoms with Gasteiger partial charge in [-0.1, -0.05) is 18.2 Å². The second-order valence-electron chi connectivity index (χ2n) is 7.14. The Morgan fingerprint density at radius 2 is 2.07 bits per heavy atom. The SMILES string of the molecule is Cn1cc(CN(C(=O)c2cc3ccccc3o2)[C@@H]2CCNC2)c(=O)n(C)c1=O. The van der Waals surface area contributed by atoms with E-state index in [1.165, 1.54) is 17.8 Å². The van der Waals surface area contributed by atoms with E-state index >= 15 is 0 Å². The number of aryl methyl sites for hydroxylation is 1. The molecule has 1 aromatic carbocycles. The zero-order chi connectivity index (χ0) is 19.8. The minimum atomic E-state index is -0.397. The molecule has 0 unspecified atom stereocenters. The summed E-state index contributed by atoms with van der Waals surface area (Å²) in [5.41, 5.74) is 0.247. The van der Waals surface area contributed by atoms with Gasteiger partial charge in [-0.2, -0.15) is 0 Å². The molecule has 0 radical (unpaired) electrons. The number of carbonyl (C=O) groups is 1. The zero-order valence-corrected chi connectivity index (χ0v) is 15.8. The summed E-state index contributed by atoms with van der Waals surface area (Å²) in [4.78, 5) is 39.5. The van der Waals surface area contributed by atoms with Gasteiger partial charge in [-0.15, -0.1) is 0 Å². The normalized spacial score (nSPS) is 16.6. The van der Waals surface area contributed by atoms with Crippen LogP contribution in [0.2, 0.25) is 0 Å². The van der Waals surface area contributed by atoms with Gasteiger partial charge < -0.3 is 19.2 Å². The van der Waals surface area contributed by atoms with Crippen molar-refractivity contribution < 1.29 is 9.21 Å². The molecule has 2 aromatic heterocycles. The molecule has 0 bridgehead atoms. The quantitative estimate of drug-likeness (QED) is 0.722. The molecule has 4 rings (SSSR count). The summed E-state index contributed by atoms with van der Waals surface area (Å²) in [6.07, 6.45) is 2.30. The summed E-state index contributed by atoms with van der Waals surface area (Å²) in [5, 5.41) is 4.11. The average molecular weight is 382 g/mol. The van der Waals surface area contributed by atoms with Crippen LogP contribution >= 0.6 is 0 Å². The average Bonchev–Trinajstić information content (AvgIpc) is 3.37. The Hall–Kier alpha value is -3.13. The lowest BCUT2D eigenvalue weighted by Gasteiger charge is -2.27. The van der Waals surface area contributed by atoms with E-state index in [0.29, 0.717) is 17.7 Å². The van der Waals surface area contributed by atoms with Crippen LogP contribution < -0.4 is 16.6 Å². The summed E-state index contributed by atoms with van der Waals surface area (Å²) >= 11 is 0. The van der Waals surface area contributed by atoms with Gasteiger partial charge in [0.25, 0.3) is 11.5 Å². The molecule has 1 N–H and O–H groups in total. The highest BCUT2D eigenvalue weighted by Crippen LogP contribution is 2.22. The first-order valence-corrected chi connectivity index (χ1v) is 9.21. The van der Waals surface area contributed by atoms with E-state index in [-0.39, 0.29) is 24.3 Å². The Kier molecular flexibility index (Phi) is 4.64. The Balaban J connectivity index is 1.73. The number of hydrogen-bond acceptors (Lipinski definition) is 5. The number of rotatable bonds is 4. The van der Waals surface area contributed by atoms with Crippen molar-refractivity contribution in [1.29, 1.82) is 0 Å². The number of aromatic nitrogens is 2. The van der Waals surface area contributed by atoms with E-state index in [4.69, 9.17) is 4.42 Å². The van der Waals surface area contributed by atoms with E-state index in [2.05, 4.69) is 5.32 Å². The number of furan rings is 1. The molecule has 0 saturated carbocycles. The van der Waals surface area contributed by atoms with Crippen molar-refractivity contribution in [3.05, 3.63) is 68.7 Å². The molecule has 3 aromatic rings. The van der Waals surface area contributed by atoms with Crippen LogP contribution in [0.1, 0.15) is 22.5 Å². The summed E-state index contributed by atoms with van der Waals surface area (Å²) < 4.78 is 8.17. The molecule has 8 heteroatoms. The van der Waals surface area contributed by atoms with Gasteiger partial charge in [0.1, 0.15) is 5.58 Å². The number of para-hydroxylation sites is 1. The Morgan fingerprint density at radius 3 is 2.79 bits per heavy atom. The molecule has 1 saturated heterocycles. The topological polar surface area (TPSA) is 89.5 Å². The summed E-state index contributed by atoms with van der Waals surface area (Å²) in [6.45, 7) is 1.57. The van der Waals surface area contributed by atoms with Crippen LogP contribution in [0.3, 0.4) is 0 Å². The summed E-state index contributed by atoms with van der Waals surface area (Å²) in [7, 11) is 3.03. The molecule has 146 valence electrons. The maximum absolute atomic E-state index is 13.3. The minimum absolute atomic E-state index is 0.0531. The number of amides is 1. The Morgan fingerprint density at radius 1 is 1.29 bits per heavy atom. The van der Waals surface area contributed by atoms with Crippen molar-refractivity contribution >= 4 is 16.9 Å². The second-order valence-corrected chi connectivity index (χ2v) is 7.14. The highest BCUT2D eigenvalue weighted by Gasteiger charge is 2.30. The van der Waals surface area contributed by atoms with Crippen molar-refractivity contribution in [2.24, 2.45) is 14.1 Å². The number of nitrogens with zero attached hydrogens (tertiary/aromatic N) is 3. The van der Waals surface area contributed by atoms with Crippen molar-refractivity contribution in [2.45, 2.75) is 19.0 Å². The molecule has 28 heavy (non-hydrogen) atoms. The molecule has 0 aliphatic carbocycles. The van der Waals surface area contributed by atoms with E-state index in [9.17, 15) is 14.4 Å². The van der Waals surface area contributed by atoms with Crippen molar-refractivity contribution in [2.75, 3.05) is 13.1 Å². The number of hydrogen-bond donors (Lipinski definition) is 1. The van der Waals surface area contributed by atoms with E-state index in [0.717, 1.165) is 22.9 Å². The molecule has 1 fully saturated rings. The van der Waals surface area contributed by atoms with Gasteiger partial charge in [0, 0.05) is 38.3 Å². The third-order valence-corrected chi connectivity index (χ3v) is 5.23. The van der Waals surface area contributed by atoms with Gasteiger partial charge in [-0.05, 0) is 25.1 Å². The Bertz CT molecular complexity index is 1120. The lowest BCUT2D eigenvalue weighted by atomic mass is 10.1. The molecule has 1 amide bonds. The summed E-state index contributed by atoms with van der Waals surface area (Å²) in [6, 6.07) is 9.12. The smallest absolute Gasteiger partial charge is 0.330 e. The highest BCUT2D eigenvalue weighted by molar-refractivity contribution is 5.96. The minimum Gasteiger partial charge on any atom is -0.451 e. The standard InChI is InChI=1S/C20H22N4O4/c1-22-11-14(18(25)23(2)20(22)27)12-24(15-7-8-21-10-15)19(26)17-9-13-5-3-4-6-16(13)28-17/h3-6,9,11,15,21H,7-8,10,12H2,1-2H3/t15-/m1/s1. The van der Waals surface area contributed by atoms with E-state index < -0.39 is 11.2 Å². The van der Waals surface area contributed by atoms with Crippen LogP contribution in [0, 0.1) is 0 Å². The maximum Gasteiger partial charge on any atom is 0.330 e. The van der Waals surface area contributed by atoms with E-state index in [1.807, 2.05) is 24.3 Å². The molecule has 8 nitrogen and oxygen atoms in total. The number of benzene rings is 1. The van der Waals surface area contributed by atoms with Gasteiger partial charge in [0.15, 0.2) is 5.76 Å². The van der Waals surface area contributed by atoms with Crippen LogP contribution in [0.15, 0.2) is 50.5 Å². The monoisotopic (exact) mass is 382 g/mol. The van der Waals surface area contributed by atoms with Crippen LogP contribution in [-0.4, -0.2) is 39.1 Å². The fraction of sp³-hybridized carbons (Fsp3) is 0.350. The highest BCUT2D eigenvalue weighted by atomic mass is 16.3. The van der Waals surface area contributed by atoms with Crippen LogP contribution in [-0.2, 0) is 20.6 Å². The largest absolute Gasteiger partial charge is 0.451 e. The maximum atomic E-state index is 13.3. The lowest BCUT2D eigenvalue weighted by Crippen LogP contribution is -2.44. The fourth-order valence-corrected chi connectivity index (χ4v) is 3.68. The van der Waals surface area contributed by atoms with Crippen LogP contribution in [0.5, 0.6) is 0 Å². The molecule has 0 spiro atoms. The van der Waals surface area contributed by atoms with E-state index in [1.54, 1.807) is 18.0 Å². The second kappa shape index (κ2) is 7.12. The van der Waals surface area contributed by atoms with Crippen LogP contribution in [0.4, 0.5) is 0 Å². The van der Waals surface area contributed by atoms with Gasteiger partial charge in [0.2, 0.25) is 0 Å². The Labute approximate surface area is 161 Å². The van der Waals surface area contributed by atoms with Crippen molar-refractivity contribution in [3.63, 3.8) is 0 Å². The van der Waals surface area contributed by atoms with Gasteiger partial charge in [-0.3, -0.25) is 14.2 Å². The predicted octanol–water partition coefficient (Wildman–Crippen LogP) is 0.835. The predicted molar refractivity (Wildman–Crippen MR) is 104 cm³/mol. The third-order valence-electron chi connectivity index (χ3n) is 5.23. The number of fused-ring (bicyclic) bond motifs is 1. The fourth-order valence-electron chi connectivity index (χ4n) is 3.68. The molecule has 1 aliphatic heterocycles. The molecular weight excluding hydrogens is 360 g/mol. The molecule has 1 aliphatic rings. The van der Waals surface area contributed by atoms with Gasteiger partial charge >= 0.3 is 5.69 Å². The first-order valence-electron chi connectivity index (χ1n) is 9.21. The number of nitrogens with one attached hydrogen (secondary N) is 1. The first-order chi connectivity index (χ1) is 13.5. The van der Waals surface area contributed by atoms with Gasteiger partial charge in [0.05, 0.1) is 12.1 Å². The summed E-state index contributed by atoms with van der Waals surface area (Å²) in [5.74, 6) is -0.0180.